The van der Waals surface area contributed by atoms with Gasteiger partial charge in [0, 0.05) is 48.3 Å². The number of halogens is 1. The highest BCUT2D eigenvalue weighted by Crippen LogP contribution is 2.42. The summed E-state index contributed by atoms with van der Waals surface area (Å²) in [7, 11) is 0. The Morgan fingerprint density at radius 3 is 2.44 bits per heavy atom. The van der Waals surface area contributed by atoms with E-state index in [2.05, 4.69) is 26.3 Å². The van der Waals surface area contributed by atoms with Crippen LogP contribution in [0, 0.1) is 12.8 Å². The summed E-state index contributed by atoms with van der Waals surface area (Å²) in [5.41, 5.74) is 4.09. The van der Waals surface area contributed by atoms with Gasteiger partial charge in [-0.2, -0.15) is 0 Å². The van der Waals surface area contributed by atoms with Crippen molar-refractivity contribution in [3.8, 4) is 5.75 Å². The Balaban J connectivity index is 1.33. The van der Waals surface area contributed by atoms with Gasteiger partial charge >= 0.3 is 6.09 Å². The molecule has 1 aliphatic heterocycles. The molecule has 43 heavy (non-hydrogen) atoms. The topological polar surface area (TPSA) is 144 Å². The van der Waals surface area contributed by atoms with Crippen LogP contribution in [0.3, 0.4) is 0 Å². The van der Waals surface area contributed by atoms with E-state index in [9.17, 15) is 14.4 Å². The van der Waals surface area contributed by atoms with E-state index in [1.807, 2.05) is 18.2 Å². The number of rotatable bonds is 10. The molecule has 3 aromatic rings. The largest absolute Gasteiger partial charge is 0.485 e. The third kappa shape index (κ3) is 7.90. The van der Waals surface area contributed by atoms with Gasteiger partial charge in [0.25, 0.3) is 0 Å². The number of alkyl carbamates (subject to hydrolysis) is 1. The second-order valence-corrected chi connectivity index (χ2v) is 12.4. The highest BCUT2D eigenvalue weighted by atomic mass is 35.5. The molecule has 1 aliphatic rings. The lowest BCUT2D eigenvalue weighted by molar-refractivity contribution is -0.128. The normalized spacial score (nSPS) is 15.8. The van der Waals surface area contributed by atoms with Crippen molar-refractivity contribution in [3.05, 3.63) is 47.3 Å². The van der Waals surface area contributed by atoms with Crippen LogP contribution in [0.25, 0.3) is 11.1 Å². The molecule has 3 atom stereocenters. The van der Waals surface area contributed by atoms with Gasteiger partial charge < -0.3 is 35.2 Å². The van der Waals surface area contributed by atoms with Gasteiger partial charge in [-0.05, 0) is 51.3 Å². The van der Waals surface area contributed by atoms with Crippen LogP contribution in [0.5, 0.6) is 5.75 Å². The number of anilines is 2. The van der Waals surface area contributed by atoms with Crippen molar-refractivity contribution in [2.45, 2.75) is 78.7 Å². The second-order valence-electron chi connectivity index (χ2n) is 12.1. The maximum absolute atomic E-state index is 12.9. The lowest BCUT2D eigenvalue weighted by Gasteiger charge is -2.26. The monoisotopic (exact) mass is 613 g/mol. The number of aryl methyl sites for hydroxylation is 1. The molecular formula is C31H40ClN5O6. The highest BCUT2D eigenvalue weighted by molar-refractivity contribution is 6.18. The predicted molar refractivity (Wildman–Crippen MR) is 166 cm³/mol. The van der Waals surface area contributed by atoms with Crippen molar-refractivity contribution in [2.75, 3.05) is 23.1 Å². The molecule has 2 aromatic carbocycles. The maximum atomic E-state index is 12.9. The highest BCUT2D eigenvalue weighted by Gasteiger charge is 2.30. The minimum atomic E-state index is -0.866. The molecule has 11 nitrogen and oxygen atoms in total. The third-order valence-corrected chi connectivity index (χ3v) is 7.27. The molecule has 0 saturated heterocycles. The molecule has 3 amide bonds. The molecule has 4 rings (SSSR count). The number of nitrogens with one attached hydrogen (secondary N) is 4. The SMILES string of the molecule is Cc1nc2c3c(cc(OCc4ccc(NC(=O)[C@H](C)NC(=O)C(NC(=O)OC(C)(C)C)C(C)C)cc4)c2o1)NCC3CCl. The molecule has 2 unspecified atom stereocenters. The Morgan fingerprint density at radius 2 is 1.81 bits per heavy atom. The van der Waals surface area contributed by atoms with E-state index >= 15 is 0 Å². The summed E-state index contributed by atoms with van der Waals surface area (Å²) in [6.07, 6.45) is -0.698. The number of oxazole rings is 1. The van der Waals surface area contributed by atoms with Crippen molar-refractivity contribution in [1.29, 1.82) is 0 Å². The van der Waals surface area contributed by atoms with Crippen LogP contribution in [0.4, 0.5) is 16.2 Å². The fourth-order valence-electron chi connectivity index (χ4n) is 4.75. The van der Waals surface area contributed by atoms with Gasteiger partial charge in [0.05, 0.1) is 0 Å². The van der Waals surface area contributed by atoms with Crippen LogP contribution in [0.15, 0.2) is 34.7 Å². The van der Waals surface area contributed by atoms with Crippen LogP contribution < -0.4 is 26.0 Å². The predicted octanol–water partition coefficient (Wildman–Crippen LogP) is 5.46. The number of nitrogens with zero attached hydrogens (tertiary/aromatic N) is 1. The van der Waals surface area contributed by atoms with Crippen LogP contribution in [-0.2, 0) is 20.9 Å². The maximum Gasteiger partial charge on any atom is 0.408 e. The summed E-state index contributed by atoms with van der Waals surface area (Å²) in [6.45, 7) is 13.2. The van der Waals surface area contributed by atoms with Crippen molar-refractivity contribution < 1.29 is 28.3 Å². The van der Waals surface area contributed by atoms with Gasteiger partial charge in [-0.15, -0.1) is 11.6 Å². The summed E-state index contributed by atoms with van der Waals surface area (Å²) < 4.78 is 17.3. The molecule has 0 saturated carbocycles. The first kappa shape index (κ1) is 31.9. The zero-order valence-corrected chi connectivity index (χ0v) is 26.3. The number of alkyl halides is 1. The van der Waals surface area contributed by atoms with Crippen molar-refractivity contribution in [2.24, 2.45) is 5.92 Å². The number of benzene rings is 2. The van der Waals surface area contributed by atoms with Crippen molar-refractivity contribution >= 4 is 52.0 Å². The smallest absolute Gasteiger partial charge is 0.408 e. The van der Waals surface area contributed by atoms with E-state index in [-0.39, 0.29) is 18.4 Å². The first-order chi connectivity index (χ1) is 20.3. The number of hydrogen-bond acceptors (Lipinski definition) is 8. The molecule has 0 radical (unpaired) electrons. The lowest BCUT2D eigenvalue weighted by atomic mass is 10.0. The zero-order chi connectivity index (χ0) is 31.5. The molecule has 0 fully saturated rings. The molecule has 0 bridgehead atoms. The van der Waals surface area contributed by atoms with Crippen LogP contribution in [-0.4, -0.2) is 53.0 Å². The Bertz CT molecular complexity index is 1480. The Hall–Kier alpha value is -3.99. The molecule has 4 N–H and O–H groups in total. The van der Waals surface area contributed by atoms with E-state index in [1.165, 1.54) is 0 Å². The van der Waals surface area contributed by atoms with Crippen molar-refractivity contribution in [1.82, 2.24) is 15.6 Å². The molecule has 12 heteroatoms. The van der Waals surface area contributed by atoms with Gasteiger partial charge in [-0.1, -0.05) is 26.0 Å². The summed E-state index contributed by atoms with van der Waals surface area (Å²) in [6, 6.07) is 7.41. The number of amides is 3. The Morgan fingerprint density at radius 1 is 1.12 bits per heavy atom. The molecule has 0 spiro atoms. The fourth-order valence-corrected chi connectivity index (χ4v) is 5.01. The lowest BCUT2D eigenvalue weighted by Crippen LogP contribution is -2.54. The molecule has 1 aromatic heterocycles. The van der Waals surface area contributed by atoms with Gasteiger partial charge in [0.15, 0.2) is 17.2 Å². The number of aromatic nitrogens is 1. The fraction of sp³-hybridized carbons (Fsp3) is 0.484. The quantitative estimate of drug-likeness (QED) is 0.221. The standard InChI is InChI=1S/C31H40ClN5O6/c1-16(2)25(37-30(40)43-31(5,6)7)29(39)34-17(3)28(38)36-21-10-8-19(9-11-21)15-41-23-12-22-24(20(13-32)14-33-22)26-27(23)42-18(4)35-26/h8-12,16-17,20,25,33H,13-15H2,1-7H3,(H,34,39)(H,36,38)(H,37,40)/t17-,20?,25?/m0/s1. The molecule has 0 aliphatic carbocycles. The van der Waals surface area contributed by atoms with Crippen LogP contribution in [0.1, 0.15) is 64.5 Å². The third-order valence-electron chi connectivity index (χ3n) is 6.90. The number of ether oxygens (including phenoxy) is 2. The number of carbonyl (C=O) groups is 3. The second kappa shape index (κ2) is 13.1. The minimum Gasteiger partial charge on any atom is -0.485 e. The van der Waals surface area contributed by atoms with Gasteiger partial charge in [-0.3, -0.25) is 9.59 Å². The van der Waals surface area contributed by atoms with E-state index < -0.39 is 35.6 Å². The summed E-state index contributed by atoms with van der Waals surface area (Å²) in [4.78, 5) is 42.5. The minimum absolute atomic E-state index is 0.155. The average Bonchev–Trinajstić information content (AvgIpc) is 3.52. The van der Waals surface area contributed by atoms with Crippen LogP contribution >= 0.6 is 11.6 Å². The first-order valence-electron chi connectivity index (χ1n) is 14.3. The van der Waals surface area contributed by atoms with E-state index in [0.717, 1.165) is 28.9 Å². The molecule has 232 valence electrons. The van der Waals surface area contributed by atoms with E-state index in [4.69, 9.17) is 25.5 Å². The van der Waals surface area contributed by atoms with E-state index in [0.29, 0.717) is 28.8 Å². The zero-order valence-electron chi connectivity index (χ0n) is 25.6. The average molecular weight is 614 g/mol. The number of carbonyl (C=O) groups excluding carboxylic acids is 3. The summed E-state index contributed by atoms with van der Waals surface area (Å²) in [5.74, 6) is 0.671. The first-order valence-corrected chi connectivity index (χ1v) is 14.9. The Labute approximate surface area is 256 Å². The van der Waals surface area contributed by atoms with Gasteiger partial charge in [0.2, 0.25) is 11.8 Å². The Kier molecular flexibility index (Phi) is 9.74. The van der Waals surface area contributed by atoms with E-state index in [1.54, 1.807) is 60.6 Å². The number of hydrogen-bond donors (Lipinski definition) is 4. The van der Waals surface area contributed by atoms with Crippen molar-refractivity contribution in [3.63, 3.8) is 0 Å². The van der Waals surface area contributed by atoms with Gasteiger partial charge in [-0.25, -0.2) is 9.78 Å². The van der Waals surface area contributed by atoms with Crippen LogP contribution in [0.2, 0.25) is 0 Å². The van der Waals surface area contributed by atoms with Gasteiger partial charge in [0.1, 0.15) is 29.8 Å². The molecule has 2 heterocycles. The summed E-state index contributed by atoms with van der Waals surface area (Å²) in [5, 5.41) is 11.4. The summed E-state index contributed by atoms with van der Waals surface area (Å²) >= 11 is 6.17. The number of fused-ring (bicyclic) bond motifs is 3. The molecular weight excluding hydrogens is 574 g/mol.